The largest absolute Gasteiger partial charge is 0.493 e. The van der Waals surface area contributed by atoms with Gasteiger partial charge in [0.2, 0.25) is 5.91 Å². The van der Waals surface area contributed by atoms with Crippen LogP contribution in [0, 0.1) is 13.8 Å². The Morgan fingerprint density at radius 3 is 2.61 bits per heavy atom. The van der Waals surface area contributed by atoms with Crippen LogP contribution in [-0.2, 0) is 11.2 Å². The van der Waals surface area contributed by atoms with Crippen molar-refractivity contribution in [2.45, 2.75) is 26.2 Å². The molecule has 120 valence electrons. The zero-order valence-corrected chi connectivity index (χ0v) is 13.9. The minimum atomic E-state index is -0.204. The zero-order valence-electron chi connectivity index (χ0n) is 13.9. The Labute approximate surface area is 136 Å². The van der Waals surface area contributed by atoms with Crippen molar-refractivity contribution in [3.8, 4) is 11.5 Å². The third-order valence-electron chi connectivity index (χ3n) is 4.36. The molecule has 0 saturated heterocycles. The summed E-state index contributed by atoms with van der Waals surface area (Å²) in [5.74, 6) is 1.22. The van der Waals surface area contributed by atoms with Crippen LogP contribution in [0.4, 0.5) is 5.69 Å². The molecule has 1 heterocycles. The number of hydrogen-bond donors (Lipinski definition) is 1. The number of carbonyl (C=O) groups is 1. The third-order valence-corrected chi connectivity index (χ3v) is 4.36. The second kappa shape index (κ2) is 5.95. The summed E-state index contributed by atoms with van der Waals surface area (Å²) in [4.78, 5) is 12.5. The molecule has 2 aromatic carbocycles. The van der Waals surface area contributed by atoms with E-state index in [9.17, 15) is 4.79 Å². The van der Waals surface area contributed by atoms with Crippen molar-refractivity contribution < 1.29 is 14.3 Å². The van der Waals surface area contributed by atoms with Crippen LogP contribution in [-0.4, -0.2) is 20.1 Å². The van der Waals surface area contributed by atoms with E-state index in [1.54, 1.807) is 14.2 Å². The lowest BCUT2D eigenvalue weighted by Gasteiger charge is -2.15. The summed E-state index contributed by atoms with van der Waals surface area (Å²) < 4.78 is 10.8. The normalized spacial score (nSPS) is 16.0. The number of benzene rings is 2. The first kappa shape index (κ1) is 15.4. The van der Waals surface area contributed by atoms with Gasteiger partial charge in [-0.1, -0.05) is 29.8 Å². The summed E-state index contributed by atoms with van der Waals surface area (Å²) >= 11 is 0. The van der Waals surface area contributed by atoms with Gasteiger partial charge < -0.3 is 14.8 Å². The molecule has 4 nitrogen and oxygen atoms in total. The lowest BCUT2D eigenvalue weighted by Crippen LogP contribution is -2.15. The topological polar surface area (TPSA) is 47.6 Å². The Kier molecular flexibility index (Phi) is 3.99. The van der Waals surface area contributed by atoms with Crippen molar-refractivity contribution in [1.29, 1.82) is 0 Å². The number of anilines is 1. The van der Waals surface area contributed by atoms with Crippen molar-refractivity contribution in [1.82, 2.24) is 0 Å². The second-order valence-electron chi connectivity index (χ2n) is 5.94. The molecule has 1 amide bonds. The van der Waals surface area contributed by atoms with Crippen LogP contribution >= 0.6 is 0 Å². The standard InChI is InChI=1S/C19H21NO3/c1-11-8-12(2)17-14(9-11)15(19(21)20-17)10-13-6-5-7-16(22-3)18(13)23-4/h5-9,15H,10H2,1-4H3,(H,20,21)/t15-/m0/s1. The minimum Gasteiger partial charge on any atom is -0.493 e. The average Bonchev–Trinajstić information content (AvgIpc) is 2.84. The highest BCUT2D eigenvalue weighted by molar-refractivity contribution is 6.04. The highest BCUT2D eigenvalue weighted by Gasteiger charge is 2.32. The molecule has 0 bridgehead atoms. The van der Waals surface area contributed by atoms with Gasteiger partial charge in [0.05, 0.1) is 20.1 Å². The maximum Gasteiger partial charge on any atom is 0.232 e. The number of ether oxygens (including phenoxy) is 2. The number of para-hydroxylation sites is 1. The van der Waals surface area contributed by atoms with Crippen molar-refractivity contribution in [2.75, 3.05) is 19.5 Å². The fraction of sp³-hybridized carbons (Fsp3) is 0.316. The van der Waals surface area contributed by atoms with Crippen LogP contribution in [0.25, 0.3) is 0 Å². The van der Waals surface area contributed by atoms with E-state index in [2.05, 4.69) is 24.4 Å². The number of nitrogens with one attached hydrogen (secondary N) is 1. The van der Waals surface area contributed by atoms with Gasteiger partial charge >= 0.3 is 0 Å². The molecule has 3 rings (SSSR count). The molecular weight excluding hydrogens is 290 g/mol. The summed E-state index contributed by atoms with van der Waals surface area (Å²) in [5, 5.41) is 3.02. The van der Waals surface area contributed by atoms with Crippen LogP contribution in [0.5, 0.6) is 11.5 Å². The Balaban J connectivity index is 2.01. The first-order valence-electron chi connectivity index (χ1n) is 7.67. The molecule has 1 aliphatic heterocycles. The first-order chi connectivity index (χ1) is 11.0. The Morgan fingerprint density at radius 2 is 1.91 bits per heavy atom. The van der Waals surface area contributed by atoms with Crippen LogP contribution in [0.15, 0.2) is 30.3 Å². The second-order valence-corrected chi connectivity index (χ2v) is 5.94. The molecule has 0 radical (unpaired) electrons. The molecule has 0 saturated carbocycles. The van der Waals surface area contributed by atoms with Gasteiger partial charge in [-0.15, -0.1) is 0 Å². The molecule has 23 heavy (non-hydrogen) atoms. The first-order valence-corrected chi connectivity index (χ1v) is 7.67. The molecule has 0 aliphatic carbocycles. The highest BCUT2D eigenvalue weighted by atomic mass is 16.5. The molecule has 0 unspecified atom stereocenters. The number of fused-ring (bicyclic) bond motifs is 1. The lowest BCUT2D eigenvalue weighted by atomic mass is 9.90. The molecule has 0 spiro atoms. The Morgan fingerprint density at radius 1 is 1.13 bits per heavy atom. The lowest BCUT2D eigenvalue weighted by molar-refractivity contribution is -0.117. The molecule has 0 aromatic heterocycles. The molecular formula is C19H21NO3. The van der Waals surface area contributed by atoms with Crippen LogP contribution in [0.2, 0.25) is 0 Å². The van der Waals surface area contributed by atoms with E-state index >= 15 is 0 Å². The van der Waals surface area contributed by atoms with Gasteiger partial charge in [0.1, 0.15) is 0 Å². The van der Waals surface area contributed by atoms with Gasteiger partial charge in [0.25, 0.3) is 0 Å². The maximum absolute atomic E-state index is 12.5. The van der Waals surface area contributed by atoms with E-state index in [0.29, 0.717) is 17.9 Å². The molecule has 2 aromatic rings. The maximum atomic E-state index is 12.5. The van der Waals surface area contributed by atoms with Gasteiger partial charge in [-0.05, 0) is 43.0 Å². The molecule has 1 aliphatic rings. The van der Waals surface area contributed by atoms with Crippen molar-refractivity contribution in [3.05, 3.63) is 52.6 Å². The summed E-state index contributed by atoms with van der Waals surface area (Å²) in [6.07, 6.45) is 0.585. The zero-order chi connectivity index (χ0) is 16.6. The number of amides is 1. The van der Waals surface area contributed by atoms with Crippen LogP contribution in [0.1, 0.15) is 28.2 Å². The predicted octanol–water partition coefficient (Wildman–Crippen LogP) is 3.60. The monoisotopic (exact) mass is 311 g/mol. The number of hydrogen-bond acceptors (Lipinski definition) is 3. The van der Waals surface area contributed by atoms with E-state index in [0.717, 1.165) is 22.4 Å². The van der Waals surface area contributed by atoms with Crippen LogP contribution in [0.3, 0.4) is 0 Å². The van der Waals surface area contributed by atoms with Crippen molar-refractivity contribution in [3.63, 3.8) is 0 Å². The SMILES string of the molecule is COc1cccc(C[C@@H]2C(=O)Nc3c(C)cc(C)cc32)c1OC. The summed E-state index contributed by atoms with van der Waals surface area (Å²) in [7, 11) is 3.24. The fourth-order valence-electron chi connectivity index (χ4n) is 3.33. The van der Waals surface area contributed by atoms with E-state index in [1.807, 2.05) is 25.1 Å². The number of rotatable bonds is 4. The molecule has 4 heteroatoms. The summed E-state index contributed by atoms with van der Waals surface area (Å²) in [5.41, 5.74) is 5.26. The number of aryl methyl sites for hydroxylation is 2. The Hall–Kier alpha value is -2.49. The number of methoxy groups -OCH3 is 2. The quantitative estimate of drug-likeness (QED) is 0.938. The van der Waals surface area contributed by atoms with Crippen molar-refractivity contribution in [2.24, 2.45) is 0 Å². The minimum absolute atomic E-state index is 0.0403. The molecule has 0 fully saturated rings. The summed E-state index contributed by atoms with van der Waals surface area (Å²) in [6.45, 7) is 4.08. The smallest absolute Gasteiger partial charge is 0.232 e. The van der Waals surface area contributed by atoms with Gasteiger partial charge in [-0.25, -0.2) is 0 Å². The molecule has 1 atom stereocenters. The Bertz CT molecular complexity index is 767. The predicted molar refractivity (Wildman–Crippen MR) is 90.5 cm³/mol. The average molecular weight is 311 g/mol. The van der Waals surface area contributed by atoms with Crippen LogP contribution < -0.4 is 14.8 Å². The summed E-state index contributed by atoms with van der Waals surface area (Å²) in [6, 6.07) is 9.95. The third kappa shape index (κ3) is 2.65. The van der Waals surface area contributed by atoms with E-state index < -0.39 is 0 Å². The number of carbonyl (C=O) groups excluding carboxylic acids is 1. The van der Waals surface area contributed by atoms with Gasteiger partial charge in [-0.2, -0.15) is 0 Å². The highest BCUT2D eigenvalue weighted by Crippen LogP contribution is 2.40. The molecule has 1 N–H and O–H groups in total. The van der Waals surface area contributed by atoms with Gasteiger partial charge in [0.15, 0.2) is 11.5 Å². The van der Waals surface area contributed by atoms with Gasteiger partial charge in [0, 0.05) is 5.69 Å². The van der Waals surface area contributed by atoms with Gasteiger partial charge in [-0.3, -0.25) is 4.79 Å². The van der Waals surface area contributed by atoms with E-state index in [-0.39, 0.29) is 11.8 Å². The van der Waals surface area contributed by atoms with E-state index in [1.165, 1.54) is 5.56 Å². The van der Waals surface area contributed by atoms with E-state index in [4.69, 9.17) is 9.47 Å². The fourth-order valence-corrected chi connectivity index (χ4v) is 3.33. The van der Waals surface area contributed by atoms with Crippen molar-refractivity contribution >= 4 is 11.6 Å².